The van der Waals surface area contributed by atoms with Gasteiger partial charge in [0, 0.05) is 23.9 Å². The molecule has 2 N–H and O–H groups in total. The molecule has 2 fully saturated rings. The van der Waals surface area contributed by atoms with Crippen LogP contribution < -0.4 is 5.32 Å². The predicted molar refractivity (Wildman–Crippen MR) is 120 cm³/mol. The van der Waals surface area contributed by atoms with E-state index < -0.39 is 5.92 Å². The summed E-state index contributed by atoms with van der Waals surface area (Å²) in [6.07, 6.45) is 2.55. The molecule has 2 bridgehead atoms. The molecule has 0 radical (unpaired) electrons. The summed E-state index contributed by atoms with van der Waals surface area (Å²) in [6, 6.07) is 18.6. The SMILES string of the molecule is Cc1ccc(C[N+]2(C)CC3CCC(C2)C3CNC(=O)C(CO)c2ccccc2)cc1. The number of carbonyl (C=O) groups excluding carboxylic acids is 1. The number of benzene rings is 2. The van der Waals surface area contributed by atoms with Crippen molar-refractivity contribution in [2.45, 2.75) is 32.2 Å². The number of piperidine rings is 1. The number of fused-ring (bicyclic) bond motifs is 2. The van der Waals surface area contributed by atoms with Gasteiger partial charge in [0.05, 0.1) is 32.7 Å². The summed E-state index contributed by atoms with van der Waals surface area (Å²) in [7, 11) is 2.40. The fourth-order valence-electron chi connectivity index (χ4n) is 5.86. The van der Waals surface area contributed by atoms with E-state index in [9.17, 15) is 9.90 Å². The number of aliphatic hydroxyl groups excluding tert-OH is 1. The van der Waals surface area contributed by atoms with E-state index in [1.165, 1.54) is 37.1 Å². The lowest BCUT2D eigenvalue weighted by atomic mass is 9.83. The average Bonchev–Trinajstić information content (AvgIpc) is 3.00. The molecule has 0 spiro atoms. The van der Waals surface area contributed by atoms with Crippen molar-refractivity contribution < 1.29 is 14.4 Å². The molecule has 3 atom stereocenters. The minimum atomic E-state index is -0.477. The molecule has 4 heteroatoms. The Morgan fingerprint density at radius 1 is 1.07 bits per heavy atom. The van der Waals surface area contributed by atoms with Crippen LogP contribution in [-0.4, -0.2) is 48.8 Å². The van der Waals surface area contributed by atoms with Gasteiger partial charge in [0.1, 0.15) is 6.54 Å². The second kappa shape index (κ2) is 8.91. The molecule has 1 saturated carbocycles. The molecule has 4 nitrogen and oxygen atoms in total. The van der Waals surface area contributed by atoms with E-state index >= 15 is 0 Å². The third kappa shape index (κ3) is 4.60. The van der Waals surface area contributed by atoms with Crippen molar-refractivity contribution in [3.8, 4) is 0 Å². The first-order valence-electron chi connectivity index (χ1n) is 11.3. The molecule has 2 aromatic carbocycles. The summed E-state index contributed by atoms with van der Waals surface area (Å²) in [4.78, 5) is 12.8. The van der Waals surface area contributed by atoms with Gasteiger partial charge >= 0.3 is 0 Å². The zero-order valence-corrected chi connectivity index (χ0v) is 18.3. The highest BCUT2D eigenvalue weighted by Crippen LogP contribution is 2.44. The molecular formula is C26H35N2O2+. The van der Waals surface area contributed by atoms with Crippen LogP contribution in [0.15, 0.2) is 54.6 Å². The largest absolute Gasteiger partial charge is 0.395 e. The van der Waals surface area contributed by atoms with Gasteiger partial charge < -0.3 is 14.9 Å². The number of likely N-dealkylation sites (tertiary alicyclic amines) is 1. The maximum Gasteiger partial charge on any atom is 0.229 e. The van der Waals surface area contributed by atoms with Crippen LogP contribution in [0.25, 0.3) is 0 Å². The zero-order chi connectivity index (χ0) is 21.1. The van der Waals surface area contributed by atoms with E-state index in [4.69, 9.17) is 0 Å². The lowest BCUT2D eigenvalue weighted by Gasteiger charge is -2.45. The Morgan fingerprint density at radius 2 is 1.70 bits per heavy atom. The Balaban J connectivity index is 1.36. The van der Waals surface area contributed by atoms with Gasteiger partial charge in [0.2, 0.25) is 5.91 Å². The summed E-state index contributed by atoms with van der Waals surface area (Å²) in [5, 5.41) is 12.9. The van der Waals surface area contributed by atoms with Crippen LogP contribution >= 0.6 is 0 Å². The smallest absolute Gasteiger partial charge is 0.229 e. The van der Waals surface area contributed by atoms with Crippen molar-refractivity contribution in [2.24, 2.45) is 17.8 Å². The number of aryl methyl sites for hydroxylation is 1. The van der Waals surface area contributed by atoms with Crippen LogP contribution in [0.1, 0.15) is 35.4 Å². The number of nitrogens with zero attached hydrogens (tertiary/aromatic N) is 1. The Labute approximate surface area is 180 Å². The van der Waals surface area contributed by atoms with E-state index in [0.717, 1.165) is 23.1 Å². The van der Waals surface area contributed by atoms with Crippen molar-refractivity contribution in [1.82, 2.24) is 5.32 Å². The van der Waals surface area contributed by atoms with Crippen molar-refractivity contribution in [1.29, 1.82) is 0 Å². The minimum absolute atomic E-state index is 0.0504. The first kappa shape index (κ1) is 21.1. The monoisotopic (exact) mass is 407 g/mol. The first-order chi connectivity index (χ1) is 14.5. The third-order valence-corrected chi connectivity index (χ3v) is 7.37. The molecule has 4 rings (SSSR count). The number of rotatable bonds is 7. The van der Waals surface area contributed by atoms with Crippen LogP contribution in [0, 0.1) is 24.7 Å². The van der Waals surface area contributed by atoms with E-state index in [1.54, 1.807) is 0 Å². The molecule has 1 aliphatic heterocycles. The fourth-order valence-corrected chi connectivity index (χ4v) is 5.86. The Morgan fingerprint density at radius 3 is 2.30 bits per heavy atom. The standard InChI is InChI=1S/C26H34N2O2/c1-19-8-10-20(11-9-19)15-28(2)16-22-12-13-23(17-28)24(22)14-27-26(30)25(18-29)21-6-4-3-5-7-21/h3-11,22-25,29H,12-18H2,1-2H3/p+1. The highest BCUT2D eigenvalue weighted by molar-refractivity contribution is 5.83. The number of aliphatic hydroxyl groups is 1. The number of amides is 1. The number of carbonyl (C=O) groups is 1. The molecule has 160 valence electrons. The quantitative estimate of drug-likeness (QED) is 0.691. The van der Waals surface area contributed by atoms with Crippen LogP contribution in [0.5, 0.6) is 0 Å². The molecular weight excluding hydrogens is 372 g/mol. The molecule has 1 heterocycles. The molecule has 1 aliphatic carbocycles. The highest BCUT2D eigenvalue weighted by atomic mass is 16.3. The van der Waals surface area contributed by atoms with Crippen molar-refractivity contribution >= 4 is 5.91 Å². The third-order valence-electron chi connectivity index (χ3n) is 7.37. The van der Waals surface area contributed by atoms with Gasteiger partial charge in [0.25, 0.3) is 0 Å². The van der Waals surface area contributed by atoms with Crippen molar-refractivity contribution in [3.05, 3.63) is 71.3 Å². The van der Waals surface area contributed by atoms with Gasteiger partial charge in [-0.15, -0.1) is 0 Å². The number of nitrogens with one attached hydrogen (secondary N) is 1. The molecule has 0 aromatic heterocycles. The van der Waals surface area contributed by atoms with Gasteiger partial charge in [-0.25, -0.2) is 0 Å². The molecule has 2 aromatic rings. The van der Waals surface area contributed by atoms with Crippen LogP contribution in [-0.2, 0) is 11.3 Å². The topological polar surface area (TPSA) is 49.3 Å². The highest BCUT2D eigenvalue weighted by Gasteiger charge is 2.48. The summed E-state index contributed by atoms with van der Waals surface area (Å²) < 4.78 is 1.10. The summed E-state index contributed by atoms with van der Waals surface area (Å²) >= 11 is 0. The predicted octanol–water partition coefficient (Wildman–Crippen LogP) is 3.49. The Hall–Kier alpha value is -2.17. The van der Waals surface area contributed by atoms with Gasteiger partial charge in [-0.2, -0.15) is 0 Å². The lowest BCUT2D eigenvalue weighted by molar-refractivity contribution is -0.933. The molecule has 30 heavy (non-hydrogen) atoms. The molecule has 1 amide bonds. The average molecular weight is 408 g/mol. The van der Waals surface area contributed by atoms with Crippen LogP contribution in [0.2, 0.25) is 0 Å². The zero-order valence-electron chi connectivity index (χ0n) is 18.3. The van der Waals surface area contributed by atoms with Gasteiger partial charge in [-0.3, -0.25) is 4.79 Å². The lowest BCUT2D eigenvalue weighted by Crippen LogP contribution is -2.55. The Bertz CT molecular complexity index is 835. The van der Waals surface area contributed by atoms with Crippen molar-refractivity contribution in [3.63, 3.8) is 0 Å². The second-order valence-corrected chi connectivity index (χ2v) is 9.78. The number of hydrogen-bond acceptors (Lipinski definition) is 2. The summed E-state index contributed by atoms with van der Waals surface area (Å²) in [5.74, 6) is 1.38. The summed E-state index contributed by atoms with van der Waals surface area (Å²) in [6.45, 7) is 6.19. The van der Waals surface area contributed by atoms with Gasteiger partial charge in [0.15, 0.2) is 0 Å². The normalized spacial score (nSPS) is 28.8. The van der Waals surface area contributed by atoms with Crippen LogP contribution in [0.4, 0.5) is 0 Å². The maximum absolute atomic E-state index is 12.8. The number of quaternary nitrogens is 1. The van der Waals surface area contributed by atoms with Crippen molar-refractivity contribution in [2.75, 3.05) is 33.3 Å². The minimum Gasteiger partial charge on any atom is -0.395 e. The second-order valence-electron chi connectivity index (χ2n) is 9.78. The van der Waals surface area contributed by atoms with E-state index in [2.05, 4.69) is 43.6 Å². The summed E-state index contributed by atoms with van der Waals surface area (Å²) in [5.41, 5.74) is 3.61. The van der Waals surface area contributed by atoms with Gasteiger partial charge in [-0.05, 0) is 31.2 Å². The van der Waals surface area contributed by atoms with Gasteiger partial charge in [-0.1, -0.05) is 60.2 Å². The Kier molecular flexibility index (Phi) is 6.26. The molecule has 2 aliphatic rings. The van der Waals surface area contributed by atoms with E-state index in [-0.39, 0.29) is 12.5 Å². The van der Waals surface area contributed by atoms with E-state index in [1.807, 2.05) is 30.3 Å². The molecule has 1 saturated heterocycles. The molecule has 3 unspecified atom stereocenters. The van der Waals surface area contributed by atoms with E-state index in [0.29, 0.717) is 17.8 Å². The first-order valence-corrected chi connectivity index (χ1v) is 11.3. The maximum atomic E-state index is 12.8. The number of hydrogen-bond donors (Lipinski definition) is 2. The fraction of sp³-hybridized carbons (Fsp3) is 0.500. The van der Waals surface area contributed by atoms with Crippen LogP contribution in [0.3, 0.4) is 0 Å².